The van der Waals surface area contributed by atoms with Crippen LogP contribution in [-0.4, -0.2) is 17.1 Å². The van der Waals surface area contributed by atoms with Crippen LogP contribution in [0.25, 0.3) is 0 Å². The molecular weight excluding hydrogens is 342 g/mol. The van der Waals surface area contributed by atoms with Crippen molar-refractivity contribution in [1.29, 1.82) is 0 Å². The van der Waals surface area contributed by atoms with Gasteiger partial charge >= 0.3 is 0 Å². The molecule has 4 nitrogen and oxygen atoms in total. The second-order valence-corrected chi connectivity index (χ2v) is 5.77. The molecule has 0 saturated carbocycles. The smallest absolute Gasteiger partial charge is 0.158 e. The predicted molar refractivity (Wildman–Crippen MR) is 84.7 cm³/mol. The fraction of sp³-hybridized carbons (Fsp3) is 0.286. The summed E-state index contributed by atoms with van der Waals surface area (Å²) in [5, 5.41) is 3.69. The van der Waals surface area contributed by atoms with E-state index >= 15 is 0 Å². The van der Waals surface area contributed by atoms with Crippen LogP contribution < -0.4 is 5.32 Å². The zero-order valence-corrected chi connectivity index (χ0v) is 13.8. The summed E-state index contributed by atoms with van der Waals surface area (Å²) in [5.41, 5.74) is 3.27. The van der Waals surface area contributed by atoms with Crippen molar-refractivity contribution in [2.75, 3.05) is 12.4 Å². The molecule has 0 amide bonds. The third-order valence-electron chi connectivity index (χ3n) is 2.77. The molecule has 2 rings (SSSR count). The normalized spacial score (nSPS) is 10.7. The quantitative estimate of drug-likeness (QED) is 0.825. The molecular formula is C14H15BrClN3O. The fourth-order valence-electron chi connectivity index (χ4n) is 1.96. The summed E-state index contributed by atoms with van der Waals surface area (Å²) in [6.07, 6.45) is 0. The number of hydrogen-bond donors (Lipinski definition) is 1. The van der Waals surface area contributed by atoms with Crippen molar-refractivity contribution in [3.05, 3.63) is 44.8 Å². The SMILES string of the molecule is COCc1nc(Cl)cc(Nc2c(C)cc(Br)cc2C)n1. The van der Waals surface area contributed by atoms with Crippen molar-refractivity contribution in [3.63, 3.8) is 0 Å². The number of anilines is 2. The van der Waals surface area contributed by atoms with Gasteiger partial charge in [0.1, 0.15) is 17.6 Å². The zero-order chi connectivity index (χ0) is 14.7. The largest absolute Gasteiger partial charge is 0.377 e. The first-order valence-corrected chi connectivity index (χ1v) is 7.23. The van der Waals surface area contributed by atoms with Crippen molar-refractivity contribution >= 4 is 39.0 Å². The van der Waals surface area contributed by atoms with Crippen LogP contribution in [0.3, 0.4) is 0 Å². The molecule has 1 heterocycles. The highest BCUT2D eigenvalue weighted by atomic mass is 79.9. The molecule has 1 N–H and O–H groups in total. The Kier molecular flexibility index (Phi) is 4.96. The maximum Gasteiger partial charge on any atom is 0.158 e. The number of benzene rings is 1. The van der Waals surface area contributed by atoms with Crippen molar-refractivity contribution in [3.8, 4) is 0 Å². The number of nitrogens with zero attached hydrogens (tertiary/aromatic N) is 2. The van der Waals surface area contributed by atoms with Gasteiger partial charge in [0, 0.05) is 23.3 Å². The number of methoxy groups -OCH3 is 1. The van der Waals surface area contributed by atoms with Gasteiger partial charge in [-0.2, -0.15) is 0 Å². The molecule has 0 aliphatic heterocycles. The van der Waals surface area contributed by atoms with Crippen LogP contribution in [-0.2, 0) is 11.3 Å². The number of aromatic nitrogens is 2. The van der Waals surface area contributed by atoms with E-state index in [1.807, 2.05) is 26.0 Å². The van der Waals surface area contributed by atoms with Crippen molar-refractivity contribution < 1.29 is 4.74 Å². The van der Waals surface area contributed by atoms with Crippen molar-refractivity contribution in [2.24, 2.45) is 0 Å². The number of aryl methyl sites for hydroxylation is 2. The van der Waals surface area contributed by atoms with Gasteiger partial charge < -0.3 is 10.1 Å². The lowest BCUT2D eigenvalue weighted by atomic mass is 10.1. The van der Waals surface area contributed by atoms with Gasteiger partial charge in [-0.05, 0) is 37.1 Å². The van der Waals surface area contributed by atoms with Gasteiger partial charge in [-0.15, -0.1) is 0 Å². The van der Waals surface area contributed by atoms with Gasteiger partial charge in [-0.3, -0.25) is 0 Å². The minimum Gasteiger partial charge on any atom is -0.377 e. The van der Waals surface area contributed by atoms with E-state index < -0.39 is 0 Å². The number of ether oxygens (including phenoxy) is 1. The molecule has 0 radical (unpaired) electrons. The van der Waals surface area contributed by atoms with E-state index in [9.17, 15) is 0 Å². The van der Waals surface area contributed by atoms with E-state index in [4.69, 9.17) is 16.3 Å². The molecule has 0 unspecified atom stereocenters. The summed E-state index contributed by atoms with van der Waals surface area (Å²) < 4.78 is 6.09. The van der Waals surface area contributed by atoms with E-state index in [0.717, 1.165) is 21.3 Å². The Labute approximate surface area is 131 Å². The molecule has 6 heteroatoms. The zero-order valence-electron chi connectivity index (χ0n) is 11.5. The Bertz CT molecular complexity index is 611. The van der Waals surface area contributed by atoms with E-state index in [1.54, 1.807) is 13.2 Å². The third kappa shape index (κ3) is 3.69. The summed E-state index contributed by atoms with van der Waals surface area (Å²) in [6.45, 7) is 4.41. The van der Waals surface area contributed by atoms with E-state index in [1.165, 1.54) is 0 Å². The molecule has 0 bridgehead atoms. The lowest BCUT2D eigenvalue weighted by molar-refractivity contribution is 0.178. The van der Waals surface area contributed by atoms with E-state index in [-0.39, 0.29) is 0 Å². The number of nitrogens with one attached hydrogen (secondary N) is 1. The summed E-state index contributed by atoms with van der Waals surface area (Å²) in [5.74, 6) is 1.21. The Morgan fingerprint density at radius 1 is 1.20 bits per heavy atom. The van der Waals surface area contributed by atoms with Crippen LogP contribution in [0.5, 0.6) is 0 Å². The molecule has 0 aliphatic carbocycles. The van der Waals surface area contributed by atoms with Gasteiger partial charge in [0.15, 0.2) is 5.82 Å². The number of halogens is 2. The molecule has 0 spiro atoms. The van der Waals surface area contributed by atoms with E-state index in [0.29, 0.717) is 23.4 Å². The van der Waals surface area contributed by atoms with Crippen LogP contribution in [0.15, 0.2) is 22.7 Å². The average molecular weight is 357 g/mol. The van der Waals surface area contributed by atoms with Gasteiger partial charge in [0.2, 0.25) is 0 Å². The number of rotatable bonds is 4. The highest BCUT2D eigenvalue weighted by molar-refractivity contribution is 9.10. The average Bonchev–Trinajstić information content (AvgIpc) is 2.33. The standard InChI is InChI=1S/C14H15BrClN3O/c1-8-4-10(15)5-9(2)14(8)19-12-6-11(16)17-13(18-12)7-20-3/h4-6H,7H2,1-3H3,(H,17,18,19). The topological polar surface area (TPSA) is 47.0 Å². The maximum absolute atomic E-state index is 6.00. The Balaban J connectivity index is 2.35. The summed E-state index contributed by atoms with van der Waals surface area (Å²) in [6, 6.07) is 5.80. The summed E-state index contributed by atoms with van der Waals surface area (Å²) >= 11 is 9.49. The molecule has 0 atom stereocenters. The molecule has 1 aromatic carbocycles. The van der Waals surface area contributed by atoms with Gasteiger partial charge in [-0.25, -0.2) is 9.97 Å². The minimum atomic E-state index is 0.327. The highest BCUT2D eigenvalue weighted by Crippen LogP contribution is 2.28. The Morgan fingerprint density at radius 2 is 1.85 bits per heavy atom. The molecule has 20 heavy (non-hydrogen) atoms. The monoisotopic (exact) mass is 355 g/mol. The van der Waals surface area contributed by atoms with Crippen LogP contribution in [0, 0.1) is 13.8 Å². The van der Waals surface area contributed by atoms with Crippen molar-refractivity contribution in [2.45, 2.75) is 20.5 Å². The lowest BCUT2D eigenvalue weighted by Crippen LogP contribution is -2.03. The van der Waals surface area contributed by atoms with Crippen LogP contribution in [0.1, 0.15) is 17.0 Å². The third-order valence-corrected chi connectivity index (χ3v) is 3.42. The molecule has 106 valence electrons. The predicted octanol–water partition coefficient (Wildman–Crippen LogP) is 4.40. The van der Waals surface area contributed by atoms with Crippen LogP contribution >= 0.6 is 27.5 Å². The van der Waals surface area contributed by atoms with Crippen LogP contribution in [0.2, 0.25) is 5.15 Å². The maximum atomic E-state index is 6.00. The molecule has 0 fully saturated rings. The minimum absolute atomic E-state index is 0.327. The van der Waals surface area contributed by atoms with Gasteiger partial charge in [0.25, 0.3) is 0 Å². The van der Waals surface area contributed by atoms with Crippen LogP contribution in [0.4, 0.5) is 11.5 Å². The first-order chi connectivity index (χ1) is 9.49. The van der Waals surface area contributed by atoms with Gasteiger partial charge in [0.05, 0.1) is 0 Å². The summed E-state index contributed by atoms with van der Waals surface area (Å²) in [7, 11) is 1.60. The lowest BCUT2D eigenvalue weighted by Gasteiger charge is -2.13. The first kappa shape index (κ1) is 15.2. The highest BCUT2D eigenvalue weighted by Gasteiger charge is 2.08. The van der Waals surface area contributed by atoms with E-state index in [2.05, 4.69) is 31.2 Å². The molecule has 2 aromatic rings. The first-order valence-electron chi connectivity index (χ1n) is 6.05. The second kappa shape index (κ2) is 6.52. The summed E-state index contributed by atoms with van der Waals surface area (Å²) in [4.78, 5) is 8.49. The Hall–Kier alpha value is -1.17. The molecule has 0 aliphatic rings. The molecule has 1 aromatic heterocycles. The second-order valence-electron chi connectivity index (χ2n) is 4.46. The Morgan fingerprint density at radius 3 is 2.45 bits per heavy atom. The fourth-order valence-corrected chi connectivity index (χ4v) is 2.85. The number of hydrogen-bond acceptors (Lipinski definition) is 4. The molecule has 0 saturated heterocycles. The van der Waals surface area contributed by atoms with Crippen molar-refractivity contribution in [1.82, 2.24) is 9.97 Å². The van der Waals surface area contributed by atoms with Gasteiger partial charge in [-0.1, -0.05) is 27.5 Å².